The van der Waals surface area contributed by atoms with Crippen LogP contribution in [0.5, 0.6) is 0 Å². The fraction of sp³-hybridized carbons (Fsp3) is 0.357. The third-order valence-electron chi connectivity index (χ3n) is 6.20. The number of halogens is 2. The van der Waals surface area contributed by atoms with Gasteiger partial charge in [-0.05, 0) is 56.7 Å². The minimum absolute atomic E-state index is 0.0737. The molecule has 0 aliphatic heterocycles. The minimum Gasteiger partial charge on any atom is -0.465 e. The van der Waals surface area contributed by atoms with Crippen LogP contribution in [0, 0.1) is 5.82 Å². The van der Waals surface area contributed by atoms with Gasteiger partial charge in [-0.1, -0.05) is 11.6 Å². The minimum atomic E-state index is -0.635. The van der Waals surface area contributed by atoms with E-state index in [-0.39, 0.29) is 60.1 Å². The van der Waals surface area contributed by atoms with Crippen molar-refractivity contribution in [3.63, 3.8) is 0 Å². The van der Waals surface area contributed by atoms with Crippen LogP contribution < -0.4 is 5.32 Å². The molecule has 2 amide bonds. The molecule has 0 saturated carbocycles. The third-order valence-corrected chi connectivity index (χ3v) is 6.47. The maximum atomic E-state index is 14.5. The molecule has 2 aromatic carbocycles. The zero-order valence-corrected chi connectivity index (χ0v) is 23.2. The highest BCUT2D eigenvalue weighted by Crippen LogP contribution is 2.25. The van der Waals surface area contributed by atoms with Crippen molar-refractivity contribution in [1.29, 1.82) is 0 Å². The van der Waals surface area contributed by atoms with Crippen molar-refractivity contribution in [2.24, 2.45) is 0 Å². The number of benzene rings is 2. The Morgan fingerprint density at radius 3 is 2.46 bits per heavy atom. The Morgan fingerprint density at radius 2 is 1.85 bits per heavy atom. The van der Waals surface area contributed by atoms with Crippen molar-refractivity contribution < 1.29 is 33.0 Å². The number of carbonyl (C=O) groups is 4. The van der Waals surface area contributed by atoms with Gasteiger partial charge in [0.15, 0.2) is 5.78 Å². The summed E-state index contributed by atoms with van der Waals surface area (Å²) in [6.07, 6.45) is 1.56. The summed E-state index contributed by atoms with van der Waals surface area (Å²) in [5.41, 5.74) is 2.08. The molecule has 0 aliphatic carbocycles. The number of nitrogens with zero attached hydrogens (tertiary/aromatic N) is 2. The van der Waals surface area contributed by atoms with Gasteiger partial charge in [-0.2, -0.15) is 0 Å². The quantitative estimate of drug-likeness (QED) is 0.280. The maximum Gasteiger partial charge on any atom is 0.337 e. The van der Waals surface area contributed by atoms with Gasteiger partial charge in [0.1, 0.15) is 12.4 Å². The van der Waals surface area contributed by atoms with Gasteiger partial charge in [0.25, 0.3) is 0 Å². The largest absolute Gasteiger partial charge is 0.465 e. The number of esters is 1. The van der Waals surface area contributed by atoms with Crippen molar-refractivity contribution >= 4 is 46.1 Å². The van der Waals surface area contributed by atoms with Crippen molar-refractivity contribution in [1.82, 2.24) is 14.8 Å². The zero-order chi connectivity index (χ0) is 28.9. The van der Waals surface area contributed by atoms with E-state index in [0.717, 1.165) is 0 Å². The SMILES string of the molecule is COCc1cc(Cl)c(F)c(CNC(=O)CN(C(=O)Cn2cc(C(C)=O)c3cc(C(=O)OC)ccc32)C(C)C)c1. The number of fused-ring (bicyclic) bond motifs is 1. The van der Waals surface area contributed by atoms with Crippen molar-refractivity contribution in [3.8, 4) is 0 Å². The molecule has 0 aliphatic rings. The number of rotatable bonds is 11. The molecule has 1 heterocycles. The lowest BCUT2D eigenvalue weighted by Gasteiger charge is -2.26. The number of nitrogens with one attached hydrogen (secondary N) is 1. The summed E-state index contributed by atoms with van der Waals surface area (Å²) in [7, 11) is 2.77. The first-order valence-electron chi connectivity index (χ1n) is 12.2. The van der Waals surface area contributed by atoms with Gasteiger partial charge in [-0.15, -0.1) is 0 Å². The molecule has 3 rings (SSSR count). The maximum absolute atomic E-state index is 14.5. The first-order chi connectivity index (χ1) is 18.5. The summed E-state index contributed by atoms with van der Waals surface area (Å²) in [6, 6.07) is 7.46. The molecule has 0 bridgehead atoms. The normalized spacial score (nSPS) is 11.1. The zero-order valence-electron chi connectivity index (χ0n) is 22.5. The molecule has 208 valence electrons. The van der Waals surface area contributed by atoms with Gasteiger partial charge in [-0.3, -0.25) is 14.4 Å². The number of amides is 2. The number of ketones is 1. The lowest BCUT2D eigenvalue weighted by atomic mass is 10.1. The molecular weight excluding hydrogens is 529 g/mol. The molecule has 0 fully saturated rings. The van der Waals surface area contributed by atoms with Crippen LogP contribution in [0.25, 0.3) is 10.9 Å². The smallest absolute Gasteiger partial charge is 0.337 e. The number of aromatic nitrogens is 1. The number of Topliss-reactive ketones (excluding diaryl/α,β-unsaturated/α-hetero) is 1. The number of hydrogen-bond acceptors (Lipinski definition) is 6. The summed E-state index contributed by atoms with van der Waals surface area (Å²) < 4.78 is 25.9. The first-order valence-corrected chi connectivity index (χ1v) is 12.6. The predicted octanol–water partition coefficient (Wildman–Crippen LogP) is 4.12. The van der Waals surface area contributed by atoms with E-state index in [1.54, 1.807) is 48.9 Å². The van der Waals surface area contributed by atoms with E-state index in [4.69, 9.17) is 21.1 Å². The summed E-state index contributed by atoms with van der Waals surface area (Å²) in [5.74, 6) is -2.24. The second-order valence-electron chi connectivity index (χ2n) is 9.33. The van der Waals surface area contributed by atoms with E-state index in [1.165, 1.54) is 32.1 Å². The molecule has 0 atom stereocenters. The van der Waals surface area contributed by atoms with Crippen molar-refractivity contribution in [2.75, 3.05) is 20.8 Å². The fourth-order valence-corrected chi connectivity index (χ4v) is 4.50. The lowest BCUT2D eigenvalue weighted by molar-refractivity contribution is -0.138. The van der Waals surface area contributed by atoms with Crippen LogP contribution in [0.2, 0.25) is 5.02 Å². The molecule has 11 heteroatoms. The van der Waals surface area contributed by atoms with E-state index < -0.39 is 17.7 Å². The molecule has 9 nitrogen and oxygen atoms in total. The molecule has 0 spiro atoms. The monoisotopic (exact) mass is 559 g/mol. The van der Waals surface area contributed by atoms with Gasteiger partial charge in [0.05, 0.1) is 30.8 Å². The molecule has 1 aromatic heterocycles. The summed E-state index contributed by atoms with van der Waals surface area (Å²) >= 11 is 5.97. The second kappa shape index (κ2) is 12.9. The predicted molar refractivity (Wildman–Crippen MR) is 144 cm³/mol. The van der Waals surface area contributed by atoms with Gasteiger partial charge in [-0.25, -0.2) is 9.18 Å². The second-order valence-corrected chi connectivity index (χ2v) is 9.73. The standard InChI is InChI=1S/C28H31ClFN3O6/c1-16(2)33(13-25(35)31-11-20-8-18(15-38-4)9-23(29)27(20)30)26(36)14-32-12-22(17(3)34)21-10-19(28(37)39-5)6-7-24(21)32/h6-10,12,16H,11,13-15H2,1-5H3,(H,31,35). The topological polar surface area (TPSA) is 107 Å². The Bertz CT molecular complexity index is 1420. The number of ether oxygens (including phenoxy) is 2. The lowest BCUT2D eigenvalue weighted by Crippen LogP contribution is -2.45. The Hall–Kier alpha value is -3.76. The molecule has 39 heavy (non-hydrogen) atoms. The van der Waals surface area contributed by atoms with E-state index in [0.29, 0.717) is 22.0 Å². The number of carbonyl (C=O) groups excluding carboxylic acids is 4. The average Bonchev–Trinajstić information content (AvgIpc) is 3.25. The molecule has 0 saturated heterocycles. The Balaban J connectivity index is 1.77. The van der Waals surface area contributed by atoms with Crippen LogP contribution >= 0.6 is 11.6 Å². The van der Waals surface area contributed by atoms with E-state index in [2.05, 4.69) is 5.32 Å². The van der Waals surface area contributed by atoms with Crippen LogP contribution in [-0.2, 0) is 38.8 Å². The molecule has 1 N–H and O–H groups in total. The van der Waals surface area contributed by atoms with Crippen LogP contribution in [0.3, 0.4) is 0 Å². The van der Waals surface area contributed by atoms with Crippen LogP contribution in [0.4, 0.5) is 4.39 Å². The Morgan fingerprint density at radius 1 is 1.13 bits per heavy atom. The molecule has 0 unspecified atom stereocenters. The highest BCUT2D eigenvalue weighted by molar-refractivity contribution is 6.30. The Kier molecular flexibility index (Phi) is 9.82. The third kappa shape index (κ3) is 7.01. The summed E-state index contributed by atoms with van der Waals surface area (Å²) in [6.45, 7) is 4.67. The van der Waals surface area contributed by atoms with Gasteiger partial charge < -0.3 is 24.3 Å². The molecular formula is C28H31ClFN3O6. The van der Waals surface area contributed by atoms with Gasteiger partial charge in [0, 0.05) is 47.9 Å². The highest BCUT2D eigenvalue weighted by atomic mass is 35.5. The van der Waals surface area contributed by atoms with Crippen molar-refractivity contribution in [2.45, 2.75) is 46.5 Å². The van der Waals surface area contributed by atoms with Crippen LogP contribution in [0.15, 0.2) is 36.5 Å². The van der Waals surface area contributed by atoms with E-state index >= 15 is 0 Å². The van der Waals surface area contributed by atoms with Crippen LogP contribution in [-0.4, -0.2) is 59.8 Å². The highest BCUT2D eigenvalue weighted by Gasteiger charge is 2.23. The van der Waals surface area contributed by atoms with E-state index in [1.807, 2.05) is 0 Å². The van der Waals surface area contributed by atoms with Crippen LogP contribution in [0.1, 0.15) is 52.6 Å². The molecule has 0 radical (unpaired) electrons. The average molecular weight is 560 g/mol. The Labute approximate surface area is 230 Å². The van der Waals surface area contributed by atoms with Crippen molar-refractivity contribution in [3.05, 3.63) is 69.6 Å². The van der Waals surface area contributed by atoms with E-state index in [9.17, 15) is 23.6 Å². The number of methoxy groups -OCH3 is 2. The van der Waals surface area contributed by atoms with Gasteiger partial charge in [0.2, 0.25) is 11.8 Å². The van der Waals surface area contributed by atoms with Gasteiger partial charge >= 0.3 is 5.97 Å². The first kappa shape index (κ1) is 29.8. The molecule has 3 aromatic rings. The summed E-state index contributed by atoms with van der Waals surface area (Å²) in [5, 5.41) is 3.09. The fourth-order valence-electron chi connectivity index (χ4n) is 4.24. The summed E-state index contributed by atoms with van der Waals surface area (Å²) in [4.78, 5) is 51.7. The number of hydrogen-bond donors (Lipinski definition) is 1.